The first-order valence-corrected chi connectivity index (χ1v) is 16.1. The van der Waals surface area contributed by atoms with Crippen molar-refractivity contribution in [3.63, 3.8) is 0 Å². The third-order valence-corrected chi connectivity index (χ3v) is 8.57. The van der Waals surface area contributed by atoms with Crippen LogP contribution < -0.4 is 20.1 Å². The highest BCUT2D eigenvalue weighted by Crippen LogP contribution is 2.29. The van der Waals surface area contributed by atoms with Gasteiger partial charge in [-0.25, -0.2) is 9.97 Å². The smallest absolute Gasteiger partial charge is 0.258 e. The number of benzene rings is 1. The topological polar surface area (TPSA) is 143 Å². The van der Waals surface area contributed by atoms with Crippen molar-refractivity contribution in [1.82, 2.24) is 25.5 Å². The number of hydrogen-bond acceptors (Lipinski definition) is 9. The third kappa shape index (κ3) is 8.79. The van der Waals surface area contributed by atoms with Gasteiger partial charge in [-0.15, -0.1) is 11.3 Å². The summed E-state index contributed by atoms with van der Waals surface area (Å²) in [4.78, 5) is 51.2. The normalized spacial score (nSPS) is 17.8. The van der Waals surface area contributed by atoms with Gasteiger partial charge in [0.05, 0.1) is 41.0 Å². The number of rotatable bonds is 12. The number of amides is 3. The molecule has 242 valence electrons. The second-order valence-electron chi connectivity index (χ2n) is 12.4. The highest BCUT2D eigenvalue weighted by Gasteiger charge is 2.44. The summed E-state index contributed by atoms with van der Waals surface area (Å²) in [5.74, 6) is -0.456. The second kappa shape index (κ2) is 14.8. The molecule has 1 aliphatic rings. The molecule has 0 unspecified atom stereocenters. The number of aryl methyl sites for hydroxylation is 1. The molecular formula is C33H43N5O6S. The number of aromatic nitrogens is 2. The molecule has 3 N–H and O–H groups in total. The number of thiazole rings is 1. The molecule has 11 nitrogen and oxygen atoms in total. The molecule has 4 rings (SSSR count). The van der Waals surface area contributed by atoms with E-state index < -0.39 is 35.4 Å². The minimum absolute atomic E-state index is 0.00866. The monoisotopic (exact) mass is 637 g/mol. The molecule has 1 aliphatic heterocycles. The quantitative estimate of drug-likeness (QED) is 0.270. The number of carbonyl (C=O) groups is 3. The largest absolute Gasteiger partial charge is 0.482 e. The lowest BCUT2D eigenvalue weighted by molar-refractivity contribution is -0.144. The zero-order valence-corrected chi connectivity index (χ0v) is 27.5. The predicted molar refractivity (Wildman–Crippen MR) is 172 cm³/mol. The van der Waals surface area contributed by atoms with E-state index in [1.54, 1.807) is 23.5 Å². The Morgan fingerprint density at radius 3 is 2.42 bits per heavy atom. The number of pyridine rings is 1. The molecular weight excluding hydrogens is 594 g/mol. The number of hydrogen-bond donors (Lipinski definition) is 3. The van der Waals surface area contributed by atoms with Crippen molar-refractivity contribution < 1.29 is 29.0 Å². The maximum atomic E-state index is 13.9. The van der Waals surface area contributed by atoms with E-state index in [9.17, 15) is 19.5 Å². The molecule has 0 radical (unpaired) electrons. The van der Waals surface area contributed by atoms with E-state index in [0.29, 0.717) is 18.2 Å². The number of aliphatic hydroxyl groups excluding tert-OH is 1. The lowest BCUT2D eigenvalue weighted by Crippen LogP contribution is -2.58. The Morgan fingerprint density at radius 2 is 1.82 bits per heavy atom. The van der Waals surface area contributed by atoms with Crippen LogP contribution in [0, 0.1) is 12.3 Å². The van der Waals surface area contributed by atoms with Gasteiger partial charge in [-0.05, 0) is 42.9 Å². The second-order valence-corrected chi connectivity index (χ2v) is 13.2. The van der Waals surface area contributed by atoms with Crippen molar-refractivity contribution in [3.05, 3.63) is 59.4 Å². The molecule has 0 saturated carbocycles. The van der Waals surface area contributed by atoms with Crippen LogP contribution in [-0.4, -0.2) is 75.6 Å². The van der Waals surface area contributed by atoms with Crippen LogP contribution in [0.1, 0.15) is 64.8 Å². The Labute approximate surface area is 268 Å². The molecule has 0 spiro atoms. The SMILES string of the molecule is CCCOc1ccc(OCC(=O)N[C@H](C(=O)N2C[C@H](O)C[C@H]2C(=O)N[C@@H](C)c2ccc(-c3scnc3C)cc2)C(C)(C)C)cn1. The predicted octanol–water partition coefficient (Wildman–Crippen LogP) is 4.05. The minimum Gasteiger partial charge on any atom is -0.482 e. The Hall–Kier alpha value is -4.03. The van der Waals surface area contributed by atoms with Crippen molar-refractivity contribution in [2.75, 3.05) is 19.8 Å². The molecule has 0 aliphatic carbocycles. The van der Waals surface area contributed by atoms with Gasteiger partial charge in [-0.2, -0.15) is 0 Å². The van der Waals surface area contributed by atoms with Gasteiger partial charge in [0, 0.05) is 19.0 Å². The summed E-state index contributed by atoms with van der Waals surface area (Å²) in [6.07, 6.45) is 1.57. The van der Waals surface area contributed by atoms with Crippen molar-refractivity contribution in [2.45, 2.75) is 78.6 Å². The van der Waals surface area contributed by atoms with Crippen molar-refractivity contribution in [1.29, 1.82) is 0 Å². The summed E-state index contributed by atoms with van der Waals surface area (Å²) >= 11 is 1.58. The van der Waals surface area contributed by atoms with E-state index >= 15 is 0 Å². The molecule has 4 atom stereocenters. The molecule has 2 aromatic heterocycles. The number of ether oxygens (including phenoxy) is 2. The van der Waals surface area contributed by atoms with Crippen LogP contribution in [-0.2, 0) is 14.4 Å². The Balaban J connectivity index is 1.38. The fourth-order valence-electron chi connectivity index (χ4n) is 5.11. The molecule has 3 aromatic rings. The molecule has 45 heavy (non-hydrogen) atoms. The van der Waals surface area contributed by atoms with Crippen LogP contribution >= 0.6 is 11.3 Å². The fraction of sp³-hybridized carbons (Fsp3) is 0.485. The van der Waals surface area contributed by atoms with E-state index in [4.69, 9.17) is 9.47 Å². The van der Waals surface area contributed by atoms with E-state index in [1.165, 1.54) is 11.1 Å². The van der Waals surface area contributed by atoms with Gasteiger partial charge in [0.2, 0.25) is 17.7 Å². The number of aliphatic hydroxyl groups is 1. The highest BCUT2D eigenvalue weighted by atomic mass is 32.1. The number of nitrogens with zero attached hydrogens (tertiary/aromatic N) is 3. The van der Waals surface area contributed by atoms with Crippen LogP contribution in [0.5, 0.6) is 11.6 Å². The van der Waals surface area contributed by atoms with Gasteiger partial charge in [-0.3, -0.25) is 14.4 Å². The van der Waals surface area contributed by atoms with Crippen LogP contribution in [0.2, 0.25) is 0 Å². The summed E-state index contributed by atoms with van der Waals surface area (Å²) in [6.45, 7) is 11.5. The molecule has 1 saturated heterocycles. The van der Waals surface area contributed by atoms with Gasteiger partial charge in [-0.1, -0.05) is 52.0 Å². The first-order chi connectivity index (χ1) is 21.4. The number of likely N-dealkylation sites (tertiary alicyclic amines) is 1. The molecule has 3 heterocycles. The first kappa shape index (κ1) is 33.9. The van der Waals surface area contributed by atoms with E-state index in [1.807, 2.05) is 71.3 Å². The maximum absolute atomic E-state index is 13.9. The maximum Gasteiger partial charge on any atom is 0.258 e. The van der Waals surface area contributed by atoms with Crippen LogP contribution in [0.15, 0.2) is 48.1 Å². The van der Waals surface area contributed by atoms with Crippen molar-refractivity contribution >= 4 is 29.1 Å². The van der Waals surface area contributed by atoms with E-state index in [2.05, 4.69) is 20.6 Å². The third-order valence-electron chi connectivity index (χ3n) is 7.59. The Bertz CT molecular complexity index is 1450. The van der Waals surface area contributed by atoms with Crippen molar-refractivity contribution in [2.24, 2.45) is 5.41 Å². The molecule has 1 fully saturated rings. The molecule has 3 amide bonds. The Morgan fingerprint density at radius 1 is 1.09 bits per heavy atom. The van der Waals surface area contributed by atoms with Gasteiger partial charge in [0.15, 0.2) is 6.61 Å². The number of β-amino-alcohol motifs (C(OH)–C–C–N with tert-alkyl or cyclic N) is 1. The zero-order chi connectivity index (χ0) is 32.7. The molecule has 0 bridgehead atoms. The van der Waals surface area contributed by atoms with Gasteiger partial charge < -0.3 is 30.1 Å². The summed E-state index contributed by atoms with van der Waals surface area (Å²) in [5, 5.41) is 16.3. The van der Waals surface area contributed by atoms with Gasteiger partial charge >= 0.3 is 0 Å². The average molecular weight is 638 g/mol. The van der Waals surface area contributed by atoms with Gasteiger partial charge in [0.1, 0.15) is 17.8 Å². The lowest BCUT2D eigenvalue weighted by Gasteiger charge is -2.35. The van der Waals surface area contributed by atoms with Crippen molar-refractivity contribution in [3.8, 4) is 22.1 Å². The zero-order valence-electron chi connectivity index (χ0n) is 26.7. The fourth-order valence-corrected chi connectivity index (χ4v) is 5.92. The lowest BCUT2D eigenvalue weighted by atomic mass is 9.85. The van der Waals surface area contributed by atoms with E-state index in [0.717, 1.165) is 28.1 Å². The summed E-state index contributed by atoms with van der Waals surface area (Å²) in [7, 11) is 0. The molecule has 1 aromatic carbocycles. The van der Waals surface area contributed by atoms with E-state index in [-0.39, 0.29) is 31.5 Å². The standard InChI is InChI=1S/C33H43N5O6S/c1-7-14-43-28-13-12-25(16-34-28)44-18-27(40)37-30(33(4,5)6)32(42)38-17-24(39)15-26(38)31(41)36-20(2)22-8-10-23(11-9-22)29-21(3)35-19-45-29/h8-13,16,19-20,24,26,30,39H,7,14-15,17-18H2,1-6H3,(H,36,41)(H,37,40)/t20-,24+,26-,30+/m0/s1. The average Bonchev–Trinajstić information content (AvgIpc) is 3.62. The summed E-state index contributed by atoms with van der Waals surface area (Å²) in [6, 6.07) is 9.07. The summed E-state index contributed by atoms with van der Waals surface area (Å²) < 4.78 is 11.0. The van der Waals surface area contributed by atoms with Crippen LogP contribution in [0.4, 0.5) is 0 Å². The Kier molecular flexibility index (Phi) is 11.2. The number of nitrogens with one attached hydrogen (secondary N) is 2. The molecule has 12 heteroatoms. The first-order valence-electron chi connectivity index (χ1n) is 15.2. The highest BCUT2D eigenvalue weighted by molar-refractivity contribution is 7.13. The van der Waals surface area contributed by atoms with Gasteiger partial charge in [0.25, 0.3) is 5.91 Å². The summed E-state index contributed by atoms with van der Waals surface area (Å²) in [5.41, 5.74) is 4.06. The number of carbonyl (C=O) groups excluding carboxylic acids is 3. The minimum atomic E-state index is -0.961. The van der Waals surface area contributed by atoms with Crippen LogP contribution in [0.3, 0.4) is 0 Å². The van der Waals surface area contributed by atoms with Crippen LogP contribution in [0.25, 0.3) is 10.4 Å².